The molecule has 1 aromatic rings. The monoisotopic (exact) mass is 304 g/mol. The van der Waals surface area contributed by atoms with E-state index >= 15 is 0 Å². The van der Waals surface area contributed by atoms with Crippen LogP contribution in [0.5, 0.6) is 5.75 Å². The van der Waals surface area contributed by atoms with Crippen LogP contribution in [0.25, 0.3) is 0 Å². The summed E-state index contributed by atoms with van der Waals surface area (Å²) in [7, 11) is 0. The third kappa shape index (κ3) is 5.72. The van der Waals surface area contributed by atoms with E-state index in [2.05, 4.69) is 0 Å². The van der Waals surface area contributed by atoms with Crippen LogP contribution in [0, 0.1) is 0 Å². The molecule has 0 bridgehead atoms. The van der Waals surface area contributed by atoms with Crippen molar-refractivity contribution in [3.05, 3.63) is 41.5 Å². The van der Waals surface area contributed by atoms with Crippen LogP contribution in [-0.4, -0.2) is 17.0 Å². The molecule has 0 aromatic heterocycles. The van der Waals surface area contributed by atoms with Gasteiger partial charge in [-0.3, -0.25) is 0 Å². The first kappa shape index (κ1) is 18.0. The number of hydrogen-bond donors (Lipinski definition) is 1. The molecule has 1 N–H and O–H groups in total. The standard InChI is InChI=1S/C18H24O4/c1-3-5-12-15(17(19)20)16(13-6-4-2)18(21)22-14-10-8-7-9-11-14/h7-11H,3-6,12-13H2,1-2H3,(H,19,20)/b16-15-. The van der Waals surface area contributed by atoms with E-state index in [1.54, 1.807) is 24.3 Å². The van der Waals surface area contributed by atoms with Crippen LogP contribution in [0.1, 0.15) is 52.4 Å². The average Bonchev–Trinajstić information content (AvgIpc) is 2.51. The number of rotatable bonds is 9. The Labute approximate surface area is 131 Å². The van der Waals surface area contributed by atoms with Crippen molar-refractivity contribution in [1.29, 1.82) is 0 Å². The van der Waals surface area contributed by atoms with E-state index in [9.17, 15) is 14.7 Å². The first-order chi connectivity index (χ1) is 10.6. The van der Waals surface area contributed by atoms with Crippen molar-refractivity contribution < 1.29 is 19.4 Å². The zero-order valence-corrected chi connectivity index (χ0v) is 13.3. The van der Waals surface area contributed by atoms with Crippen LogP contribution in [0.2, 0.25) is 0 Å². The maximum atomic E-state index is 12.4. The lowest BCUT2D eigenvalue weighted by molar-refractivity contribution is -0.135. The number of esters is 1. The summed E-state index contributed by atoms with van der Waals surface area (Å²) in [6.45, 7) is 4.00. The molecule has 0 aliphatic carbocycles. The number of unbranched alkanes of at least 4 members (excludes halogenated alkanes) is 2. The number of carboxylic acids is 1. The van der Waals surface area contributed by atoms with E-state index in [1.165, 1.54) is 0 Å². The zero-order valence-electron chi connectivity index (χ0n) is 13.3. The van der Waals surface area contributed by atoms with E-state index < -0.39 is 11.9 Å². The summed E-state index contributed by atoms with van der Waals surface area (Å²) in [5.74, 6) is -1.14. The molecule has 0 radical (unpaired) electrons. The molecule has 0 amide bonds. The van der Waals surface area contributed by atoms with E-state index in [0.29, 0.717) is 24.2 Å². The summed E-state index contributed by atoms with van der Waals surface area (Å²) in [5.41, 5.74) is 0.489. The highest BCUT2D eigenvalue weighted by Gasteiger charge is 2.21. The first-order valence-electron chi connectivity index (χ1n) is 7.82. The third-order valence-electron chi connectivity index (χ3n) is 3.38. The maximum Gasteiger partial charge on any atom is 0.339 e. The minimum Gasteiger partial charge on any atom is -0.478 e. The molecule has 1 aromatic carbocycles. The molecule has 0 saturated heterocycles. The van der Waals surface area contributed by atoms with Gasteiger partial charge in [0.25, 0.3) is 0 Å². The van der Waals surface area contributed by atoms with Gasteiger partial charge in [-0.1, -0.05) is 44.9 Å². The Kier molecular flexibility index (Phi) is 7.97. The molecule has 4 nitrogen and oxygen atoms in total. The predicted octanol–water partition coefficient (Wildman–Crippen LogP) is 4.35. The van der Waals surface area contributed by atoms with Gasteiger partial charge in [0, 0.05) is 11.1 Å². The van der Waals surface area contributed by atoms with Gasteiger partial charge >= 0.3 is 11.9 Å². The minimum absolute atomic E-state index is 0.191. The van der Waals surface area contributed by atoms with Crippen molar-refractivity contribution >= 4 is 11.9 Å². The summed E-state index contributed by atoms with van der Waals surface area (Å²) >= 11 is 0. The molecule has 0 fully saturated rings. The largest absolute Gasteiger partial charge is 0.478 e. The fourth-order valence-electron chi connectivity index (χ4n) is 2.13. The number of aliphatic carboxylic acids is 1. The fourth-order valence-corrected chi connectivity index (χ4v) is 2.13. The van der Waals surface area contributed by atoms with Gasteiger partial charge in [-0.25, -0.2) is 9.59 Å². The number of carbonyl (C=O) groups excluding carboxylic acids is 1. The molecule has 0 heterocycles. The van der Waals surface area contributed by atoms with Crippen LogP contribution >= 0.6 is 0 Å². The van der Waals surface area contributed by atoms with Gasteiger partial charge in [0.2, 0.25) is 0 Å². The molecule has 1 rings (SSSR count). The lowest BCUT2D eigenvalue weighted by atomic mass is 9.98. The van der Waals surface area contributed by atoms with Gasteiger partial charge < -0.3 is 9.84 Å². The smallest absolute Gasteiger partial charge is 0.339 e. The van der Waals surface area contributed by atoms with Gasteiger partial charge in [0.15, 0.2) is 0 Å². The molecular weight excluding hydrogens is 280 g/mol. The maximum absolute atomic E-state index is 12.4. The Morgan fingerprint density at radius 1 is 0.955 bits per heavy atom. The minimum atomic E-state index is -1.02. The molecule has 0 aliphatic rings. The normalized spacial score (nSPS) is 11.7. The van der Waals surface area contributed by atoms with E-state index in [-0.39, 0.29) is 5.57 Å². The number of hydrogen-bond acceptors (Lipinski definition) is 3. The summed E-state index contributed by atoms with van der Waals surface area (Å²) < 4.78 is 5.32. The Bertz CT molecular complexity index is 517. The molecule has 0 spiro atoms. The van der Waals surface area contributed by atoms with Gasteiger partial charge in [0.1, 0.15) is 5.75 Å². The van der Waals surface area contributed by atoms with Crippen molar-refractivity contribution in [2.24, 2.45) is 0 Å². The lowest BCUT2D eigenvalue weighted by Gasteiger charge is -2.12. The Hall–Kier alpha value is -2.10. The second-order valence-corrected chi connectivity index (χ2v) is 5.17. The van der Waals surface area contributed by atoms with Crippen molar-refractivity contribution in [1.82, 2.24) is 0 Å². The quantitative estimate of drug-likeness (QED) is 0.418. The Morgan fingerprint density at radius 2 is 1.50 bits per heavy atom. The second-order valence-electron chi connectivity index (χ2n) is 5.17. The van der Waals surface area contributed by atoms with Gasteiger partial charge in [0.05, 0.1) is 0 Å². The van der Waals surface area contributed by atoms with Gasteiger partial charge in [-0.2, -0.15) is 0 Å². The van der Waals surface area contributed by atoms with Crippen LogP contribution in [0.4, 0.5) is 0 Å². The number of carbonyl (C=O) groups is 2. The average molecular weight is 304 g/mol. The molecule has 0 unspecified atom stereocenters. The number of para-hydroxylation sites is 1. The molecule has 0 aliphatic heterocycles. The highest BCUT2D eigenvalue weighted by Crippen LogP contribution is 2.21. The van der Waals surface area contributed by atoms with Crippen molar-refractivity contribution in [3.8, 4) is 5.75 Å². The molecule has 0 saturated carbocycles. The number of ether oxygens (including phenoxy) is 1. The number of carboxylic acid groups (broad SMARTS) is 1. The predicted molar refractivity (Wildman–Crippen MR) is 85.8 cm³/mol. The van der Waals surface area contributed by atoms with Crippen molar-refractivity contribution in [2.45, 2.75) is 52.4 Å². The van der Waals surface area contributed by atoms with Crippen molar-refractivity contribution in [2.75, 3.05) is 0 Å². The van der Waals surface area contributed by atoms with Gasteiger partial charge in [-0.15, -0.1) is 0 Å². The fraction of sp³-hybridized carbons (Fsp3) is 0.444. The molecule has 4 heteroatoms. The highest BCUT2D eigenvalue weighted by atomic mass is 16.5. The third-order valence-corrected chi connectivity index (χ3v) is 3.38. The summed E-state index contributed by atoms with van der Waals surface area (Å²) in [5, 5.41) is 9.42. The SMILES string of the molecule is CCCC/C(C(=O)O)=C(\CCCC)C(=O)Oc1ccccc1. The second kappa shape index (κ2) is 9.77. The van der Waals surface area contributed by atoms with Crippen LogP contribution in [-0.2, 0) is 9.59 Å². The summed E-state index contributed by atoms with van der Waals surface area (Å²) in [4.78, 5) is 23.9. The zero-order chi connectivity index (χ0) is 16.4. The van der Waals surface area contributed by atoms with E-state index in [4.69, 9.17) is 4.74 Å². The number of benzene rings is 1. The highest BCUT2D eigenvalue weighted by molar-refractivity contribution is 6.00. The van der Waals surface area contributed by atoms with Crippen molar-refractivity contribution in [3.63, 3.8) is 0 Å². The molecule has 22 heavy (non-hydrogen) atoms. The topological polar surface area (TPSA) is 63.6 Å². The van der Waals surface area contributed by atoms with Crippen LogP contribution in [0.15, 0.2) is 41.5 Å². The van der Waals surface area contributed by atoms with Crippen LogP contribution in [0.3, 0.4) is 0 Å². The van der Waals surface area contributed by atoms with Gasteiger partial charge in [-0.05, 0) is 37.8 Å². The molecule has 120 valence electrons. The molecular formula is C18H24O4. The summed E-state index contributed by atoms with van der Waals surface area (Å²) in [6, 6.07) is 8.74. The lowest BCUT2D eigenvalue weighted by Crippen LogP contribution is -2.17. The van der Waals surface area contributed by atoms with E-state index in [1.807, 2.05) is 19.9 Å². The molecule has 0 atom stereocenters. The summed E-state index contributed by atoms with van der Waals surface area (Å²) in [6.07, 6.45) is 4.12. The Morgan fingerprint density at radius 3 is 2.00 bits per heavy atom. The van der Waals surface area contributed by atoms with Crippen LogP contribution < -0.4 is 4.74 Å². The van der Waals surface area contributed by atoms with E-state index in [0.717, 1.165) is 25.7 Å². The Balaban J connectivity index is 3.02. The first-order valence-corrected chi connectivity index (χ1v) is 7.82.